The van der Waals surface area contributed by atoms with Crippen molar-refractivity contribution < 1.29 is 4.55 Å². The van der Waals surface area contributed by atoms with Crippen LogP contribution >= 0.6 is 0 Å². The van der Waals surface area contributed by atoms with Crippen LogP contribution in [-0.4, -0.2) is 16.6 Å². The van der Waals surface area contributed by atoms with Gasteiger partial charge in [-0.1, -0.05) is 43.3 Å². The van der Waals surface area contributed by atoms with E-state index in [1.807, 2.05) is 0 Å². The first-order chi connectivity index (χ1) is 5.79. The predicted octanol–water partition coefficient (Wildman–Crippen LogP) is 2.54. The average molecular weight is 187 g/mol. The minimum absolute atomic E-state index is 0.625. The molecule has 0 spiro atoms. The van der Waals surface area contributed by atoms with Gasteiger partial charge in [0.2, 0.25) is 0 Å². The van der Waals surface area contributed by atoms with Crippen LogP contribution in [0.3, 0.4) is 0 Å². The largest absolute Gasteiger partial charge is 0.617 e. The molecule has 0 saturated heterocycles. The van der Waals surface area contributed by atoms with Crippen molar-refractivity contribution in [3.8, 4) is 0 Å². The van der Waals surface area contributed by atoms with Gasteiger partial charge in [-0.25, -0.2) is 0 Å². The highest BCUT2D eigenvalue weighted by Crippen LogP contribution is 2.26. The molecule has 0 bridgehead atoms. The quantitative estimate of drug-likeness (QED) is 0.620. The molecule has 1 saturated carbocycles. The number of rotatable bonds is 4. The summed E-state index contributed by atoms with van der Waals surface area (Å²) in [5, 5.41) is 0. The van der Waals surface area contributed by atoms with Crippen LogP contribution < -0.4 is 0 Å². The lowest BCUT2D eigenvalue weighted by Crippen LogP contribution is -2.10. The maximum atomic E-state index is 10.8. The van der Waals surface area contributed by atoms with Gasteiger partial charge in [-0.05, 0) is 12.3 Å². The van der Waals surface area contributed by atoms with Crippen molar-refractivity contribution in [2.45, 2.75) is 38.5 Å². The van der Waals surface area contributed by atoms with Gasteiger partial charge in [-0.3, -0.25) is 0 Å². The van der Waals surface area contributed by atoms with Crippen LogP contribution in [0.5, 0.6) is 0 Å². The maximum absolute atomic E-state index is 10.8. The van der Waals surface area contributed by atoms with Crippen LogP contribution in [0.15, 0.2) is 0 Å². The molecule has 1 unspecified atom stereocenters. The molecule has 1 aliphatic rings. The van der Waals surface area contributed by atoms with E-state index in [1.54, 1.807) is 6.26 Å². The molecule has 1 radical (unpaired) electrons. The van der Waals surface area contributed by atoms with E-state index < -0.39 is 11.2 Å². The van der Waals surface area contributed by atoms with Gasteiger partial charge in [-0.15, -0.1) is 0 Å². The van der Waals surface area contributed by atoms with Crippen LogP contribution in [0, 0.1) is 12.3 Å². The lowest BCUT2D eigenvalue weighted by atomic mass is 9.86. The van der Waals surface area contributed by atoms with Gasteiger partial charge in [-0.2, -0.15) is 0 Å². The molecule has 0 aromatic heterocycles. The van der Waals surface area contributed by atoms with Crippen molar-refractivity contribution in [1.29, 1.82) is 0 Å². The molecular weight excluding hydrogens is 168 g/mol. The van der Waals surface area contributed by atoms with Gasteiger partial charge in [0.05, 0.1) is 6.26 Å². The topological polar surface area (TPSA) is 23.1 Å². The first kappa shape index (κ1) is 10.4. The van der Waals surface area contributed by atoms with Crippen molar-refractivity contribution in [2.24, 2.45) is 5.92 Å². The van der Waals surface area contributed by atoms with Crippen molar-refractivity contribution in [3.63, 3.8) is 0 Å². The summed E-state index contributed by atoms with van der Waals surface area (Å²) in [6, 6.07) is 0. The van der Waals surface area contributed by atoms with E-state index in [2.05, 4.69) is 6.42 Å². The van der Waals surface area contributed by atoms with E-state index >= 15 is 0 Å². The molecule has 0 amide bonds. The molecule has 0 aliphatic heterocycles. The van der Waals surface area contributed by atoms with Crippen LogP contribution in [0.4, 0.5) is 0 Å². The highest BCUT2D eigenvalue weighted by molar-refractivity contribution is 7.90. The minimum Gasteiger partial charge on any atom is -0.617 e. The third kappa shape index (κ3) is 4.36. The van der Waals surface area contributed by atoms with Crippen molar-refractivity contribution in [1.82, 2.24) is 0 Å². The van der Waals surface area contributed by atoms with E-state index in [0.717, 1.165) is 11.7 Å². The normalized spacial score (nSPS) is 22.5. The maximum Gasteiger partial charge on any atom is 0.108 e. The van der Waals surface area contributed by atoms with Crippen LogP contribution in [0.1, 0.15) is 38.5 Å². The molecule has 1 aliphatic carbocycles. The SMILES string of the molecule is C[S+]([O-])C[CH]CC1CCCCC1. The fraction of sp³-hybridized carbons (Fsp3) is 0.900. The van der Waals surface area contributed by atoms with Gasteiger partial charge in [0.1, 0.15) is 5.75 Å². The Labute approximate surface area is 79.1 Å². The Hall–Kier alpha value is 0.310. The Balaban J connectivity index is 1.98. The second-order valence-corrected chi connectivity index (χ2v) is 5.25. The summed E-state index contributed by atoms with van der Waals surface area (Å²) in [5.41, 5.74) is 0. The molecule has 0 aromatic rings. The zero-order chi connectivity index (χ0) is 8.81. The Kier molecular flexibility index (Phi) is 5.08. The van der Waals surface area contributed by atoms with E-state index in [0.29, 0.717) is 0 Å². The van der Waals surface area contributed by atoms with Gasteiger partial charge in [0.15, 0.2) is 0 Å². The second-order valence-electron chi connectivity index (χ2n) is 3.77. The fourth-order valence-corrected chi connectivity index (χ4v) is 2.36. The van der Waals surface area contributed by atoms with Gasteiger partial charge in [0, 0.05) is 6.42 Å². The molecule has 0 aromatic carbocycles. The summed E-state index contributed by atoms with van der Waals surface area (Å²) in [5.74, 6) is 1.69. The lowest BCUT2D eigenvalue weighted by molar-refractivity contribution is 0.354. The molecule has 12 heavy (non-hydrogen) atoms. The smallest absolute Gasteiger partial charge is 0.108 e. The van der Waals surface area contributed by atoms with E-state index in [-0.39, 0.29) is 0 Å². The summed E-state index contributed by atoms with van der Waals surface area (Å²) in [6.45, 7) is 0. The second kappa shape index (κ2) is 5.87. The van der Waals surface area contributed by atoms with Crippen molar-refractivity contribution >= 4 is 11.2 Å². The molecule has 1 rings (SSSR count). The van der Waals surface area contributed by atoms with Crippen molar-refractivity contribution in [2.75, 3.05) is 12.0 Å². The highest BCUT2D eigenvalue weighted by Gasteiger charge is 2.13. The van der Waals surface area contributed by atoms with Gasteiger partial charge < -0.3 is 4.55 Å². The van der Waals surface area contributed by atoms with Crippen molar-refractivity contribution in [3.05, 3.63) is 6.42 Å². The highest BCUT2D eigenvalue weighted by atomic mass is 32.2. The summed E-state index contributed by atoms with van der Waals surface area (Å²) in [7, 11) is 0. The summed E-state index contributed by atoms with van der Waals surface area (Å²) >= 11 is -0.625. The number of hydrogen-bond donors (Lipinski definition) is 0. The average Bonchev–Trinajstić information content (AvgIpc) is 2.05. The molecule has 71 valence electrons. The minimum atomic E-state index is -0.625. The van der Waals surface area contributed by atoms with E-state index in [1.165, 1.54) is 38.5 Å². The molecule has 1 nitrogen and oxygen atoms in total. The van der Waals surface area contributed by atoms with E-state index in [4.69, 9.17) is 0 Å². The molecule has 2 heteroatoms. The van der Waals surface area contributed by atoms with Crippen LogP contribution in [0.25, 0.3) is 0 Å². The molecule has 1 fully saturated rings. The summed E-state index contributed by atoms with van der Waals surface area (Å²) in [4.78, 5) is 0. The standard InChI is InChI=1S/C10H19OS/c1-12(11)9-5-8-10-6-3-2-4-7-10/h5,10H,2-4,6-9H2,1H3. The third-order valence-electron chi connectivity index (χ3n) is 2.58. The van der Waals surface area contributed by atoms with Crippen LogP contribution in [-0.2, 0) is 11.2 Å². The van der Waals surface area contributed by atoms with Gasteiger partial charge >= 0.3 is 0 Å². The first-order valence-corrected chi connectivity index (χ1v) is 6.63. The lowest BCUT2D eigenvalue weighted by Gasteiger charge is -2.20. The summed E-state index contributed by atoms with van der Waals surface area (Å²) in [6.07, 6.45) is 12.2. The predicted molar refractivity (Wildman–Crippen MR) is 54.4 cm³/mol. The monoisotopic (exact) mass is 187 g/mol. The fourth-order valence-electron chi connectivity index (χ4n) is 1.89. The summed E-state index contributed by atoms with van der Waals surface area (Å²) < 4.78 is 10.8. The zero-order valence-corrected chi connectivity index (χ0v) is 8.74. The first-order valence-electron chi connectivity index (χ1n) is 4.90. The number of hydrogen-bond acceptors (Lipinski definition) is 1. The molecule has 0 heterocycles. The van der Waals surface area contributed by atoms with E-state index in [9.17, 15) is 4.55 Å². The third-order valence-corrected chi connectivity index (χ3v) is 3.28. The van der Waals surface area contributed by atoms with Gasteiger partial charge in [0.25, 0.3) is 0 Å². The Morgan fingerprint density at radius 3 is 2.58 bits per heavy atom. The Morgan fingerprint density at radius 2 is 2.00 bits per heavy atom. The zero-order valence-electron chi connectivity index (χ0n) is 7.92. The Bertz CT molecular complexity index is 108. The van der Waals surface area contributed by atoms with Crippen LogP contribution in [0.2, 0.25) is 0 Å². The molecule has 1 atom stereocenters. The molecular formula is C10H19OS. The Morgan fingerprint density at radius 1 is 1.33 bits per heavy atom. The molecule has 0 N–H and O–H groups in total.